The molecule has 2 aliphatic heterocycles. The van der Waals surface area contributed by atoms with Gasteiger partial charge in [0.05, 0.1) is 26.4 Å². The first kappa shape index (κ1) is 27.9. The Kier molecular flexibility index (Phi) is 14.5. The van der Waals surface area contributed by atoms with Gasteiger partial charge in [0.1, 0.15) is 0 Å². The average Bonchev–Trinajstić information content (AvgIpc) is 3.21. The molecule has 0 saturated carbocycles. The summed E-state index contributed by atoms with van der Waals surface area (Å²) in [7, 11) is 1.68. The third-order valence-corrected chi connectivity index (χ3v) is 5.58. The highest BCUT2D eigenvalue weighted by Gasteiger charge is 2.12. The molecule has 188 valence electrons. The van der Waals surface area contributed by atoms with Crippen molar-refractivity contribution < 1.29 is 18.9 Å². The number of hydrogen-bond acceptors (Lipinski definition) is 6. The molecule has 2 aliphatic rings. The quantitative estimate of drug-likeness (QED) is 0.180. The summed E-state index contributed by atoms with van der Waals surface area (Å²) in [6, 6.07) is 5.95. The zero-order chi connectivity index (χ0) is 22.3. The number of ether oxygens (including phenoxy) is 4. The number of fused-ring (bicyclic) bond motifs is 1. The predicted molar refractivity (Wildman–Crippen MR) is 144 cm³/mol. The van der Waals surface area contributed by atoms with E-state index in [2.05, 4.69) is 15.5 Å². The molecule has 0 atom stereocenters. The zero-order valence-electron chi connectivity index (χ0n) is 20.0. The minimum Gasteiger partial charge on any atom is -0.490 e. The van der Waals surface area contributed by atoms with Crippen LogP contribution in [0.5, 0.6) is 11.5 Å². The van der Waals surface area contributed by atoms with Gasteiger partial charge in [0.15, 0.2) is 17.5 Å². The summed E-state index contributed by atoms with van der Waals surface area (Å²) in [6.07, 6.45) is 7.08. The zero-order valence-corrected chi connectivity index (χ0v) is 22.3. The number of guanidine groups is 1. The van der Waals surface area contributed by atoms with Crippen molar-refractivity contribution in [2.24, 2.45) is 4.99 Å². The molecule has 9 heteroatoms. The molecule has 2 heterocycles. The maximum absolute atomic E-state index is 5.83. The lowest BCUT2D eigenvalue weighted by atomic mass is 10.2. The second-order valence-electron chi connectivity index (χ2n) is 8.21. The highest BCUT2D eigenvalue weighted by atomic mass is 127. The normalized spacial score (nSPS) is 16.9. The molecule has 2 N–H and O–H groups in total. The highest BCUT2D eigenvalue weighted by molar-refractivity contribution is 14.0. The number of likely N-dealkylation sites (tertiary alicyclic amines) is 1. The Hall–Kier alpha value is -1.30. The minimum atomic E-state index is 0. The number of anilines is 1. The standard InChI is InChI=1S/C24H40N4O4.HI/c1-29-18-19-30-15-6-10-25-24(26-11-14-28-12-4-2-3-5-13-28)27-21-8-9-22-23(20-21)32-17-7-16-31-22;/h8-9,20H,2-7,10-19H2,1H3,(H2,25,26,27);1H. The number of hydrogen-bond donors (Lipinski definition) is 2. The molecule has 1 aromatic carbocycles. The van der Waals surface area contributed by atoms with Gasteiger partial charge in [-0.15, -0.1) is 24.0 Å². The van der Waals surface area contributed by atoms with Crippen molar-refractivity contribution >= 4 is 35.6 Å². The second-order valence-corrected chi connectivity index (χ2v) is 8.21. The fourth-order valence-electron chi connectivity index (χ4n) is 3.81. The summed E-state index contributed by atoms with van der Waals surface area (Å²) in [5.74, 6) is 2.36. The van der Waals surface area contributed by atoms with E-state index in [9.17, 15) is 0 Å². The van der Waals surface area contributed by atoms with Crippen LogP contribution in [0.25, 0.3) is 0 Å². The van der Waals surface area contributed by atoms with Crippen molar-refractivity contribution in [1.82, 2.24) is 10.2 Å². The molecule has 1 fully saturated rings. The van der Waals surface area contributed by atoms with Gasteiger partial charge in [0.25, 0.3) is 0 Å². The lowest BCUT2D eigenvalue weighted by molar-refractivity contribution is 0.0702. The second kappa shape index (κ2) is 17.2. The lowest BCUT2D eigenvalue weighted by Gasteiger charge is -2.21. The van der Waals surface area contributed by atoms with Crippen molar-refractivity contribution in [1.29, 1.82) is 0 Å². The van der Waals surface area contributed by atoms with E-state index in [0.717, 1.165) is 49.1 Å². The average molecular weight is 577 g/mol. The first-order valence-electron chi connectivity index (χ1n) is 12.1. The maximum atomic E-state index is 5.83. The van der Waals surface area contributed by atoms with Crippen molar-refractivity contribution in [3.63, 3.8) is 0 Å². The van der Waals surface area contributed by atoms with Gasteiger partial charge in [0.2, 0.25) is 0 Å². The number of aliphatic imine (C=N–C) groups is 1. The largest absolute Gasteiger partial charge is 0.490 e. The molecule has 3 rings (SSSR count). The van der Waals surface area contributed by atoms with Crippen LogP contribution in [0.2, 0.25) is 0 Å². The maximum Gasteiger partial charge on any atom is 0.195 e. The van der Waals surface area contributed by atoms with Gasteiger partial charge in [0, 0.05) is 51.5 Å². The molecule has 0 radical (unpaired) electrons. The number of methoxy groups -OCH3 is 1. The Morgan fingerprint density at radius 2 is 1.79 bits per heavy atom. The number of nitrogens with one attached hydrogen (secondary N) is 2. The van der Waals surface area contributed by atoms with Crippen LogP contribution in [0.3, 0.4) is 0 Å². The number of benzene rings is 1. The molecule has 1 aromatic rings. The number of nitrogens with zero attached hydrogens (tertiary/aromatic N) is 2. The Morgan fingerprint density at radius 1 is 1.00 bits per heavy atom. The van der Waals surface area contributed by atoms with Crippen LogP contribution in [0.4, 0.5) is 5.69 Å². The monoisotopic (exact) mass is 576 g/mol. The molecular formula is C24H41IN4O4. The van der Waals surface area contributed by atoms with Crippen molar-refractivity contribution in [2.45, 2.75) is 38.5 Å². The number of rotatable bonds is 11. The van der Waals surface area contributed by atoms with Crippen LogP contribution in [-0.4, -0.2) is 83.7 Å². The fraction of sp³-hybridized carbons (Fsp3) is 0.708. The smallest absolute Gasteiger partial charge is 0.195 e. The van der Waals surface area contributed by atoms with E-state index in [1.807, 2.05) is 18.2 Å². The van der Waals surface area contributed by atoms with Crippen molar-refractivity contribution in [3.05, 3.63) is 18.2 Å². The topological polar surface area (TPSA) is 76.6 Å². The molecule has 0 aromatic heterocycles. The van der Waals surface area contributed by atoms with E-state index in [-0.39, 0.29) is 24.0 Å². The first-order valence-corrected chi connectivity index (χ1v) is 12.1. The summed E-state index contributed by atoms with van der Waals surface area (Å²) in [5, 5.41) is 6.94. The van der Waals surface area contributed by atoms with E-state index in [0.29, 0.717) is 39.6 Å². The lowest BCUT2D eigenvalue weighted by Crippen LogP contribution is -2.38. The summed E-state index contributed by atoms with van der Waals surface area (Å²) < 4.78 is 22.1. The Morgan fingerprint density at radius 3 is 2.58 bits per heavy atom. The van der Waals surface area contributed by atoms with Gasteiger partial charge < -0.3 is 34.5 Å². The summed E-state index contributed by atoms with van der Waals surface area (Å²) >= 11 is 0. The van der Waals surface area contributed by atoms with Crippen LogP contribution < -0.4 is 20.1 Å². The van der Waals surface area contributed by atoms with Crippen LogP contribution in [0.1, 0.15) is 38.5 Å². The molecule has 8 nitrogen and oxygen atoms in total. The van der Waals surface area contributed by atoms with Crippen LogP contribution in [0, 0.1) is 0 Å². The summed E-state index contributed by atoms with van der Waals surface area (Å²) in [5.41, 5.74) is 0.937. The van der Waals surface area contributed by atoms with Gasteiger partial charge >= 0.3 is 0 Å². The SMILES string of the molecule is COCCOCCCN=C(NCCN1CCCCCC1)Nc1ccc2c(c1)OCCCO2.I. The van der Waals surface area contributed by atoms with Crippen molar-refractivity contribution in [3.8, 4) is 11.5 Å². The molecule has 0 bridgehead atoms. The fourth-order valence-corrected chi connectivity index (χ4v) is 3.81. The van der Waals surface area contributed by atoms with E-state index in [4.69, 9.17) is 23.9 Å². The molecule has 0 amide bonds. The summed E-state index contributed by atoms with van der Waals surface area (Å²) in [4.78, 5) is 7.31. The van der Waals surface area contributed by atoms with Crippen LogP contribution in [-0.2, 0) is 9.47 Å². The van der Waals surface area contributed by atoms with E-state index >= 15 is 0 Å². The van der Waals surface area contributed by atoms with E-state index < -0.39 is 0 Å². The third kappa shape index (κ3) is 11.1. The summed E-state index contributed by atoms with van der Waals surface area (Å²) in [6.45, 7) is 8.27. The van der Waals surface area contributed by atoms with E-state index in [1.165, 1.54) is 38.8 Å². The molecule has 0 unspecified atom stereocenters. The Labute approximate surface area is 215 Å². The van der Waals surface area contributed by atoms with Gasteiger partial charge in [-0.25, -0.2) is 0 Å². The van der Waals surface area contributed by atoms with E-state index in [1.54, 1.807) is 7.11 Å². The number of halogens is 1. The molecule has 33 heavy (non-hydrogen) atoms. The van der Waals surface area contributed by atoms with Gasteiger partial charge in [-0.2, -0.15) is 0 Å². The minimum absolute atomic E-state index is 0. The third-order valence-electron chi connectivity index (χ3n) is 5.58. The molecule has 1 saturated heterocycles. The first-order chi connectivity index (χ1) is 15.8. The van der Waals surface area contributed by atoms with Gasteiger partial charge in [-0.3, -0.25) is 4.99 Å². The van der Waals surface area contributed by atoms with Gasteiger partial charge in [-0.1, -0.05) is 12.8 Å². The molecular weight excluding hydrogens is 535 g/mol. The highest BCUT2D eigenvalue weighted by Crippen LogP contribution is 2.32. The van der Waals surface area contributed by atoms with Crippen LogP contribution >= 0.6 is 24.0 Å². The van der Waals surface area contributed by atoms with Crippen molar-refractivity contribution in [2.75, 3.05) is 78.2 Å². The molecule has 0 aliphatic carbocycles. The van der Waals surface area contributed by atoms with Crippen LogP contribution in [0.15, 0.2) is 23.2 Å². The van der Waals surface area contributed by atoms with Gasteiger partial charge in [-0.05, 0) is 44.5 Å². The predicted octanol–water partition coefficient (Wildman–Crippen LogP) is 3.75. The Balaban J connectivity index is 0.00000385. The Bertz CT molecular complexity index is 684. The molecule has 0 spiro atoms.